The van der Waals surface area contributed by atoms with E-state index < -0.39 is 0 Å². The van der Waals surface area contributed by atoms with Crippen LogP contribution in [0.5, 0.6) is 5.75 Å². The topological polar surface area (TPSA) is 30.5 Å². The van der Waals surface area contributed by atoms with Crippen LogP contribution in [0.15, 0.2) is 48.5 Å². The van der Waals surface area contributed by atoms with Crippen LogP contribution >= 0.6 is 11.6 Å². The fourth-order valence-corrected chi connectivity index (χ4v) is 2.02. The van der Waals surface area contributed by atoms with Gasteiger partial charge < -0.3 is 14.8 Å². The number of rotatable bonds is 8. The molecule has 0 saturated carbocycles. The van der Waals surface area contributed by atoms with Crippen LogP contribution in [0.2, 0.25) is 5.02 Å². The third kappa shape index (κ3) is 5.76. The van der Waals surface area contributed by atoms with E-state index in [1.807, 2.05) is 43.4 Å². The molecule has 4 heteroatoms. The molecule has 0 fully saturated rings. The summed E-state index contributed by atoms with van der Waals surface area (Å²) in [4.78, 5) is 0. The summed E-state index contributed by atoms with van der Waals surface area (Å²) in [6, 6.07) is 15.7. The first-order chi connectivity index (χ1) is 10.3. The lowest BCUT2D eigenvalue weighted by Crippen LogP contribution is -2.07. The largest absolute Gasteiger partial charge is 0.491 e. The number of hydrogen-bond acceptors (Lipinski definition) is 3. The normalized spacial score (nSPS) is 10.6. The molecule has 0 aliphatic rings. The quantitative estimate of drug-likeness (QED) is 0.755. The van der Waals surface area contributed by atoms with Crippen LogP contribution in [-0.2, 0) is 17.9 Å². The predicted molar refractivity (Wildman–Crippen MR) is 85.8 cm³/mol. The summed E-state index contributed by atoms with van der Waals surface area (Å²) < 4.78 is 11.2. The molecule has 2 rings (SSSR count). The Kier molecular flexibility index (Phi) is 6.54. The van der Waals surface area contributed by atoms with Gasteiger partial charge in [0.05, 0.1) is 13.2 Å². The van der Waals surface area contributed by atoms with Gasteiger partial charge in [0.15, 0.2) is 0 Å². The van der Waals surface area contributed by atoms with E-state index >= 15 is 0 Å². The molecular weight excluding hydrogens is 286 g/mol. The SMILES string of the molecule is CNCc1ccc(OCCOCc2ccc(Cl)cc2)cc1. The maximum Gasteiger partial charge on any atom is 0.119 e. The summed E-state index contributed by atoms with van der Waals surface area (Å²) >= 11 is 5.83. The molecule has 0 heterocycles. The van der Waals surface area contributed by atoms with Crippen molar-refractivity contribution in [2.45, 2.75) is 13.2 Å². The molecular formula is C17H20ClNO2. The first kappa shape index (κ1) is 15.8. The van der Waals surface area contributed by atoms with Crippen LogP contribution in [0.1, 0.15) is 11.1 Å². The van der Waals surface area contributed by atoms with E-state index in [0.29, 0.717) is 19.8 Å². The summed E-state index contributed by atoms with van der Waals surface area (Å²) in [5.74, 6) is 0.866. The minimum atomic E-state index is 0.541. The minimum Gasteiger partial charge on any atom is -0.491 e. The Morgan fingerprint density at radius 3 is 2.24 bits per heavy atom. The Labute approximate surface area is 130 Å². The monoisotopic (exact) mass is 305 g/mol. The van der Waals surface area contributed by atoms with Crippen LogP contribution in [0.3, 0.4) is 0 Å². The summed E-state index contributed by atoms with van der Waals surface area (Å²) in [6.07, 6.45) is 0. The Hall–Kier alpha value is -1.55. The summed E-state index contributed by atoms with van der Waals surface area (Å²) in [5.41, 5.74) is 2.35. The highest BCUT2D eigenvalue weighted by atomic mass is 35.5. The summed E-state index contributed by atoms with van der Waals surface area (Å²) in [7, 11) is 1.93. The van der Waals surface area contributed by atoms with E-state index in [2.05, 4.69) is 17.4 Å². The second-order valence-corrected chi connectivity index (χ2v) is 5.14. The van der Waals surface area contributed by atoms with Gasteiger partial charge in [-0.25, -0.2) is 0 Å². The van der Waals surface area contributed by atoms with E-state index in [1.165, 1.54) is 5.56 Å². The van der Waals surface area contributed by atoms with Gasteiger partial charge in [-0.15, -0.1) is 0 Å². The fraction of sp³-hybridized carbons (Fsp3) is 0.294. The fourth-order valence-electron chi connectivity index (χ4n) is 1.90. The predicted octanol–water partition coefficient (Wildman–Crippen LogP) is 3.66. The van der Waals surface area contributed by atoms with Crippen LogP contribution in [0.25, 0.3) is 0 Å². The van der Waals surface area contributed by atoms with Crippen molar-refractivity contribution >= 4 is 11.6 Å². The molecule has 0 aliphatic carbocycles. The molecule has 0 aliphatic heterocycles. The standard InChI is InChI=1S/C17H20ClNO2/c1-19-12-14-4-8-17(9-5-14)21-11-10-20-13-15-2-6-16(18)7-3-15/h2-9,19H,10-13H2,1H3. The summed E-state index contributed by atoms with van der Waals surface area (Å²) in [5, 5.41) is 3.85. The number of hydrogen-bond donors (Lipinski definition) is 1. The third-order valence-corrected chi connectivity index (χ3v) is 3.23. The lowest BCUT2D eigenvalue weighted by Gasteiger charge is -2.08. The van der Waals surface area contributed by atoms with Gasteiger partial charge in [0.1, 0.15) is 12.4 Å². The van der Waals surface area contributed by atoms with Crippen LogP contribution in [0.4, 0.5) is 0 Å². The first-order valence-corrected chi connectivity index (χ1v) is 7.34. The van der Waals surface area contributed by atoms with E-state index in [-0.39, 0.29) is 0 Å². The number of nitrogens with one attached hydrogen (secondary N) is 1. The van der Waals surface area contributed by atoms with Gasteiger partial charge in [-0.3, -0.25) is 0 Å². The Morgan fingerprint density at radius 1 is 0.905 bits per heavy atom. The molecule has 0 amide bonds. The molecule has 0 aromatic heterocycles. The molecule has 0 saturated heterocycles. The second-order valence-electron chi connectivity index (χ2n) is 4.70. The van der Waals surface area contributed by atoms with Crippen LogP contribution in [-0.4, -0.2) is 20.3 Å². The van der Waals surface area contributed by atoms with Gasteiger partial charge in [-0.1, -0.05) is 35.9 Å². The lowest BCUT2D eigenvalue weighted by atomic mass is 10.2. The second kappa shape index (κ2) is 8.67. The van der Waals surface area contributed by atoms with Gasteiger partial charge in [0.25, 0.3) is 0 Å². The van der Waals surface area contributed by atoms with E-state index in [1.54, 1.807) is 0 Å². The Bertz CT molecular complexity index is 525. The molecule has 0 atom stereocenters. The molecule has 112 valence electrons. The number of benzene rings is 2. The Morgan fingerprint density at radius 2 is 1.57 bits per heavy atom. The Balaban J connectivity index is 1.64. The number of halogens is 1. The van der Waals surface area contributed by atoms with Gasteiger partial charge in [0, 0.05) is 11.6 Å². The zero-order valence-corrected chi connectivity index (χ0v) is 12.9. The average molecular weight is 306 g/mol. The van der Waals surface area contributed by atoms with Crippen molar-refractivity contribution in [3.05, 3.63) is 64.7 Å². The van der Waals surface area contributed by atoms with E-state index in [9.17, 15) is 0 Å². The molecule has 0 unspecified atom stereocenters. The molecule has 2 aromatic carbocycles. The van der Waals surface area contributed by atoms with Crippen molar-refractivity contribution in [1.82, 2.24) is 5.32 Å². The summed E-state index contributed by atoms with van der Waals surface area (Å²) in [6.45, 7) is 2.53. The van der Waals surface area contributed by atoms with Crippen molar-refractivity contribution in [3.8, 4) is 5.75 Å². The lowest BCUT2D eigenvalue weighted by molar-refractivity contribution is 0.0889. The first-order valence-electron chi connectivity index (χ1n) is 6.96. The smallest absolute Gasteiger partial charge is 0.119 e. The molecule has 2 aromatic rings. The molecule has 1 N–H and O–H groups in total. The average Bonchev–Trinajstić information content (AvgIpc) is 2.51. The number of ether oxygens (including phenoxy) is 2. The molecule has 0 spiro atoms. The van der Waals surface area contributed by atoms with Crippen molar-refractivity contribution in [2.24, 2.45) is 0 Å². The van der Waals surface area contributed by atoms with Gasteiger partial charge in [-0.2, -0.15) is 0 Å². The van der Waals surface area contributed by atoms with Crippen LogP contribution < -0.4 is 10.1 Å². The zero-order chi connectivity index (χ0) is 14.9. The third-order valence-electron chi connectivity index (χ3n) is 2.98. The van der Waals surface area contributed by atoms with Crippen molar-refractivity contribution < 1.29 is 9.47 Å². The van der Waals surface area contributed by atoms with Gasteiger partial charge >= 0.3 is 0 Å². The molecule has 3 nitrogen and oxygen atoms in total. The highest BCUT2D eigenvalue weighted by molar-refractivity contribution is 6.30. The van der Waals surface area contributed by atoms with Gasteiger partial charge in [0.2, 0.25) is 0 Å². The maximum atomic E-state index is 5.83. The van der Waals surface area contributed by atoms with Crippen LogP contribution in [0, 0.1) is 0 Å². The van der Waals surface area contributed by atoms with Crippen molar-refractivity contribution in [2.75, 3.05) is 20.3 Å². The molecule has 0 radical (unpaired) electrons. The van der Waals surface area contributed by atoms with Gasteiger partial charge in [-0.05, 0) is 42.4 Å². The van der Waals surface area contributed by atoms with Crippen molar-refractivity contribution in [1.29, 1.82) is 0 Å². The molecule has 21 heavy (non-hydrogen) atoms. The van der Waals surface area contributed by atoms with Crippen molar-refractivity contribution in [3.63, 3.8) is 0 Å². The highest BCUT2D eigenvalue weighted by Gasteiger charge is 1.97. The maximum absolute atomic E-state index is 5.83. The van der Waals surface area contributed by atoms with E-state index in [4.69, 9.17) is 21.1 Å². The van der Waals surface area contributed by atoms with E-state index in [0.717, 1.165) is 22.9 Å². The highest BCUT2D eigenvalue weighted by Crippen LogP contribution is 2.12. The minimum absolute atomic E-state index is 0.541. The zero-order valence-electron chi connectivity index (χ0n) is 12.1. The molecule has 0 bridgehead atoms.